The highest BCUT2D eigenvalue weighted by Crippen LogP contribution is 2.27. The molecule has 2 aliphatic rings. The molecule has 2 fully saturated rings. The first kappa shape index (κ1) is 13.4. The van der Waals surface area contributed by atoms with Gasteiger partial charge in [0.15, 0.2) is 0 Å². The van der Waals surface area contributed by atoms with Gasteiger partial charge in [-0.3, -0.25) is 4.79 Å². The minimum Gasteiger partial charge on any atom is -0.300 e. The number of rotatable bonds is 2. The molecule has 98 valence electrons. The molecule has 0 aromatic heterocycles. The lowest BCUT2D eigenvalue weighted by atomic mass is 9.98. The summed E-state index contributed by atoms with van der Waals surface area (Å²) < 4.78 is 0. The molecule has 0 amide bonds. The average Bonchev–Trinajstić information content (AvgIpc) is 2.43. The molecule has 1 aliphatic carbocycles. The summed E-state index contributed by atoms with van der Waals surface area (Å²) in [6.07, 6.45) is 5.59. The van der Waals surface area contributed by atoms with Crippen molar-refractivity contribution in [2.24, 2.45) is 5.92 Å². The van der Waals surface area contributed by atoms with Crippen molar-refractivity contribution in [3.05, 3.63) is 0 Å². The van der Waals surface area contributed by atoms with E-state index in [9.17, 15) is 4.79 Å². The average molecular weight is 255 g/mol. The Morgan fingerprint density at radius 1 is 1.18 bits per heavy atom. The van der Waals surface area contributed by atoms with E-state index in [4.69, 9.17) is 0 Å². The first-order valence-corrected chi connectivity index (χ1v) is 8.00. The number of hydrogen-bond acceptors (Lipinski definition) is 3. The molecule has 0 N–H and O–H groups in total. The summed E-state index contributed by atoms with van der Waals surface area (Å²) in [5.74, 6) is 0.862. The fraction of sp³-hybridized carbons (Fsp3) is 0.929. The third kappa shape index (κ3) is 3.99. The number of carbonyl (C=O) groups is 1. The summed E-state index contributed by atoms with van der Waals surface area (Å²) in [6, 6.07) is 0. The lowest BCUT2D eigenvalue weighted by Gasteiger charge is -2.36. The fourth-order valence-electron chi connectivity index (χ4n) is 3.17. The lowest BCUT2D eigenvalue weighted by Crippen LogP contribution is -2.43. The molecule has 1 saturated heterocycles. The van der Waals surface area contributed by atoms with Gasteiger partial charge in [0.25, 0.3) is 0 Å². The Labute approximate surface area is 110 Å². The predicted molar refractivity (Wildman–Crippen MR) is 74.5 cm³/mol. The van der Waals surface area contributed by atoms with E-state index in [1.807, 2.05) is 0 Å². The van der Waals surface area contributed by atoms with E-state index in [0.717, 1.165) is 36.3 Å². The normalized spacial score (nSPS) is 36.8. The van der Waals surface area contributed by atoms with E-state index in [1.54, 1.807) is 0 Å². The van der Waals surface area contributed by atoms with Gasteiger partial charge in [-0.1, -0.05) is 26.7 Å². The number of nitrogens with zero attached hydrogens (tertiary/aromatic N) is 1. The van der Waals surface area contributed by atoms with Crippen LogP contribution in [0.15, 0.2) is 0 Å². The van der Waals surface area contributed by atoms with Crippen LogP contribution in [-0.2, 0) is 4.79 Å². The zero-order valence-electron chi connectivity index (χ0n) is 11.2. The Morgan fingerprint density at radius 3 is 2.59 bits per heavy atom. The molecule has 0 radical (unpaired) electrons. The zero-order valence-corrected chi connectivity index (χ0v) is 12.0. The summed E-state index contributed by atoms with van der Waals surface area (Å²) in [6.45, 7) is 7.97. The summed E-state index contributed by atoms with van der Waals surface area (Å²) >= 11 is 2.09. The zero-order chi connectivity index (χ0) is 12.3. The molecule has 2 nitrogen and oxygen atoms in total. The highest BCUT2D eigenvalue weighted by molar-refractivity contribution is 8.00. The smallest absolute Gasteiger partial charge is 0.137 e. The third-order valence-corrected chi connectivity index (χ3v) is 5.13. The Balaban J connectivity index is 1.88. The van der Waals surface area contributed by atoms with Crippen molar-refractivity contribution in [2.75, 3.05) is 19.6 Å². The Kier molecular flexibility index (Phi) is 4.92. The number of ketones is 1. The second-order valence-corrected chi connectivity index (χ2v) is 7.62. The summed E-state index contributed by atoms with van der Waals surface area (Å²) in [5, 5.41) is 1.44. The first-order valence-electron chi connectivity index (χ1n) is 7.05. The van der Waals surface area contributed by atoms with Crippen LogP contribution in [0.25, 0.3) is 0 Å². The molecule has 3 atom stereocenters. The van der Waals surface area contributed by atoms with Crippen LogP contribution in [0.1, 0.15) is 46.0 Å². The molecule has 0 spiro atoms. The highest BCUT2D eigenvalue weighted by Gasteiger charge is 2.27. The van der Waals surface area contributed by atoms with Crippen LogP contribution >= 0.6 is 11.8 Å². The van der Waals surface area contributed by atoms with Crippen LogP contribution in [0.2, 0.25) is 0 Å². The van der Waals surface area contributed by atoms with Crippen molar-refractivity contribution in [3.8, 4) is 0 Å². The van der Waals surface area contributed by atoms with E-state index in [1.165, 1.54) is 25.9 Å². The first-order chi connectivity index (χ1) is 8.15. The van der Waals surface area contributed by atoms with Crippen molar-refractivity contribution in [3.63, 3.8) is 0 Å². The van der Waals surface area contributed by atoms with Crippen LogP contribution in [-0.4, -0.2) is 40.8 Å². The minimum atomic E-state index is 0.333. The maximum atomic E-state index is 12.0. The molecule has 0 aromatic carbocycles. The molecule has 1 saturated carbocycles. The van der Waals surface area contributed by atoms with Crippen molar-refractivity contribution in [1.82, 2.24) is 4.90 Å². The Morgan fingerprint density at radius 2 is 1.88 bits per heavy atom. The second-order valence-electron chi connectivity index (χ2n) is 5.74. The molecule has 0 bridgehead atoms. The number of hydrogen-bond donors (Lipinski definition) is 0. The number of thioether (sulfide) groups is 1. The third-order valence-electron chi connectivity index (χ3n) is 3.90. The van der Waals surface area contributed by atoms with Gasteiger partial charge in [0.2, 0.25) is 0 Å². The van der Waals surface area contributed by atoms with Crippen molar-refractivity contribution < 1.29 is 4.79 Å². The molecule has 2 rings (SSSR count). The van der Waals surface area contributed by atoms with Crippen LogP contribution in [0, 0.1) is 5.92 Å². The molecule has 1 aliphatic heterocycles. The van der Waals surface area contributed by atoms with Gasteiger partial charge in [-0.15, -0.1) is 0 Å². The van der Waals surface area contributed by atoms with Crippen molar-refractivity contribution in [2.45, 2.75) is 56.5 Å². The van der Waals surface area contributed by atoms with Crippen molar-refractivity contribution >= 4 is 17.5 Å². The summed E-state index contributed by atoms with van der Waals surface area (Å²) in [5.41, 5.74) is 0. The standard InChI is InChI=1S/C14H25NOS/c1-11-8-15(9-12(2)17-11)10-13-6-4-3-5-7-14(13)16/h11-13H,3-10H2,1-2H3. The van der Waals surface area contributed by atoms with Crippen LogP contribution in [0.3, 0.4) is 0 Å². The van der Waals surface area contributed by atoms with E-state index in [0.29, 0.717) is 11.7 Å². The van der Waals surface area contributed by atoms with Crippen LogP contribution in [0.4, 0.5) is 0 Å². The Hall–Kier alpha value is -0.0200. The maximum Gasteiger partial charge on any atom is 0.137 e. The molecular formula is C14H25NOS. The van der Waals surface area contributed by atoms with E-state index < -0.39 is 0 Å². The van der Waals surface area contributed by atoms with Gasteiger partial charge >= 0.3 is 0 Å². The summed E-state index contributed by atoms with van der Waals surface area (Å²) in [4.78, 5) is 14.5. The largest absolute Gasteiger partial charge is 0.300 e. The molecule has 3 unspecified atom stereocenters. The summed E-state index contributed by atoms with van der Waals surface area (Å²) in [7, 11) is 0. The van der Waals surface area contributed by atoms with Gasteiger partial charge in [-0.2, -0.15) is 11.8 Å². The van der Waals surface area contributed by atoms with Crippen LogP contribution in [0.5, 0.6) is 0 Å². The second kappa shape index (κ2) is 6.24. The van der Waals surface area contributed by atoms with Gasteiger partial charge in [0, 0.05) is 42.5 Å². The van der Waals surface area contributed by atoms with Gasteiger partial charge in [-0.05, 0) is 12.8 Å². The van der Waals surface area contributed by atoms with E-state index in [-0.39, 0.29) is 0 Å². The molecule has 1 heterocycles. The predicted octanol–water partition coefficient (Wildman–Crippen LogP) is 2.96. The topological polar surface area (TPSA) is 20.3 Å². The minimum absolute atomic E-state index is 0.333. The van der Waals surface area contributed by atoms with E-state index in [2.05, 4.69) is 30.5 Å². The fourth-order valence-corrected chi connectivity index (χ4v) is 4.56. The molecule has 0 aromatic rings. The Bertz CT molecular complexity index is 259. The lowest BCUT2D eigenvalue weighted by molar-refractivity contribution is -0.123. The van der Waals surface area contributed by atoms with Gasteiger partial charge < -0.3 is 4.90 Å². The molecular weight excluding hydrogens is 230 g/mol. The van der Waals surface area contributed by atoms with Gasteiger partial charge in [0.05, 0.1) is 0 Å². The monoisotopic (exact) mass is 255 g/mol. The quantitative estimate of drug-likeness (QED) is 0.708. The number of carbonyl (C=O) groups excluding carboxylic acids is 1. The number of Topliss-reactive ketones (excluding diaryl/α,β-unsaturated/α-hetero) is 1. The maximum absolute atomic E-state index is 12.0. The van der Waals surface area contributed by atoms with Gasteiger partial charge in [-0.25, -0.2) is 0 Å². The van der Waals surface area contributed by atoms with Crippen molar-refractivity contribution in [1.29, 1.82) is 0 Å². The van der Waals surface area contributed by atoms with Gasteiger partial charge in [0.1, 0.15) is 5.78 Å². The SMILES string of the molecule is CC1CN(CC2CCCCCC2=O)CC(C)S1. The van der Waals surface area contributed by atoms with Crippen LogP contribution < -0.4 is 0 Å². The highest BCUT2D eigenvalue weighted by atomic mass is 32.2. The molecule has 3 heteroatoms. The molecule has 17 heavy (non-hydrogen) atoms. The van der Waals surface area contributed by atoms with E-state index >= 15 is 0 Å².